The van der Waals surface area contributed by atoms with Crippen molar-refractivity contribution < 1.29 is 9.22 Å². The van der Waals surface area contributed by atoms with Crippen LogP contribution in [0.5, 0.6) is 5.75 Å². The minimum absolute atomic E-state index is 0.908. The summed E-state index contributed by atoms with van der Waals surface area (Å²) in [4.78, 5) is 1.32. The minimum Gasteiger partial charge on any atom is -0.496 e. The van der Waals surface area contributed by atoms with Crippen LogP contribution < -0.4 is 4.74 Å². The highest BCUT2D eigenvalue weighted by molar-refractivity contribution is 7.99. The Morgan fingerprint density at radius 1 is 0.857 bits per heavy atom. The molecule has 0 unspecified atom stereocenters. The number of benzene rings is 3. The molecule has 0 atom stereocenters. The maximum atomic E-state index is 5.82. The topological polar surface area (TPSA) is 9.23 Å². The lowest BCUT2D eigenvalue weighted by Crippen LogP contribution is -2.38. The Kier molecular flexibility index (Phi) is 5.47. The summed E-state index contributed by atoms with van der Waals surface area (Å²) < 4.78 is 6.73. The van der Waals surface area contributed by atoms with Crippen LogP contribution >= 0.6 is 11.8 Å². The van der Waals surface area contributed by atoms with Crippen molar-refractivity contribution in [2.75, 3.05) is 27.1 Å². The molecule has 0 amide bonds. The Bertz CT molecular complexity index is 966. The van der Waals surface area contributed by atoms with E-state index < -0.39 is 0 Å². The van der Waals surface area contributed by atoms with Crippen LogP contribution in [0, 0.1) is 0 Å². The monoisotopic (exact) mass is 390 g/mol. The fraction of sp³-hybridized carbons (Fsp3) is 0.280. The van der Waals surface area contributed by atoms with Gasteiger partial charge in [-0.2, -0.15) is 0 Å². The molecular weight excluding hydrogens is 362 g/mol. The van der Waals surface area contributed by atoms with Crippen molar-refractivity contribution in [3.8, 4) is 16.9 Å². The molecule has 3 heteroatoms. The van der Waals surface area contributed by atoms with Gasteiger partial charge in [0.2, 0.25) is 0 Å². The molecule has 0 aromatic heterocycles. The lowest BCUT2D eigenvalue weighted by Gasteiger charge is -2.31. The second-order valence-corrected chi connectivity index (χ2v) is 9.18. The van der Waals surface area contributed by atoms with Gasteiger partial charge in [0, 0.05) is 10.5 Å². The number of hydrogen-bond donors (Lipinski definition) is 0. The molecule has 0 radical (unpaired) electrons. The molecule has 3 aromatic rings. The minimum atomic E-state index is 0.908. The van der Waals surface area contributed by atoms with E-state index in [0.29, 0.717) is 0 Å². The summed E-state index contributed by atoms with van der Waals surface area (Å²) in [5.41, 5.74) is 6.90. The predicted octanol–water partition coefficient (Wildman–Crippen LogP) is 5.79. The van der Waals surface area contributed by atoms with Crippen LogP contribution in [0.15, 0.2) is 71.6 Å². The molecule has 0 saturated carbocycles. The Balaban J connectivity index is 1.58. The van der Waals surface area contributed by atoms with Gasteiger partial charge >= 0.3 is 0 Å². The Hall–Kier alpha value is -2.23. The quantitative estimate of drug-likeness (QED) is 0.299. The van der Waals surface area contributed by atoms with Gasteiger partial charge in [0.15, 0.2) is 0 Å². The SMILES string of the molecule is COc1cc2c(cc1C[N+](C)(C)CSc1ccccc1)CCc1ccccc1-2. The first kappa shape index (κ1) is 19.1. The van der Waals surface area contributed by atoms with Gasteiger partial charge in [0.1, 0.15) is 18.2 Å². The second-order valence-electron chi connectivity index (χ2n) is 8.16. The third-order valence-corrected chi connectivity index (χ3v) is 6.83. The van der Waals surface area contributed by atoms with Crippen LogP contribution in [0.1, 0.15) is 16.7 Å². The molecule has 1 aliphatic carbocycles. The van der Waals surface area contributed by atoms with Crippen molar-refractivity contribution in [3.63, 3.8) is 0 Å². The van der Waals surface area contributed by atoms with Crippen molar-refractivity contribution in [1.29, 1.82) is 0 Å². The molecule has 4 rings (SSSR count). The summed E-state index contributed by atoms with van der Waals surface area (Å²) in [5, 5.41) is 0. The van der Waals surface area contributed by atoms with Crippen molar-refractivity contribution in [1.82, 2.24) is 0 Å². The normalized spacial score (nSPS) is 13.0. The number of hydrogen-bond acceptors (Lipinski definition) is 2. The van der Waals surface area contributed by atoms with Crippen LogP contribution in [0.4, 0.5) is 0 Å². The third kappa shape index (κ3) is 4.11. The molecule has 3 aromatic carbocycles. The molecule has 0 N–H and O–H groups in total. The van der Waals surface area contributed by atoms with Crippen LogP contribution in [0.2, 0.25) is 0 Å². The lowest BCUT2D eigenvalue weighted by atomic mass is 9.84. The fourth-order valence-electron chi connectivity index (χ4n) is 3.99. The molecule has 28 heavy (non-hydrogen) atoms. The number of rotatable bonds is 6. The number of nitrogens with zero attached hydrogens (tertiary/aromatic N) is 1. The maximum absolute atomic E-state index is 5.82. The Morgan fingerprint density at radius 2 is 1.57 bits per heavy atom. The number of quaternary nitrogens is 1. The van der Waals surface area contributed by atoms with E-state index in [1.54, 1.807) is 7.11 Å². The maximum Gasteiger partial charge on any atom is 0.130 e. The van der Waals surface area contributed by atoms with E-state index in [4.69, 9.17) is 4.74 Å². The molecule has 0 aliphatic heterocycles. The van der Waals surface area contributed by atoms with Crippen molar-refractivity contribution in [3.05, 3.63) is 83.4 Å². The van der Waals surface area contributed by atoms with Gasteiger partial charge in [0.05, 0.1) is 21.2 Å². The molecule has 2 nitrogen and oxygen atoms in total. The molecule has 0 saturated heterocycles. The van der Waals surface area contributed by atoms with Crippen molar-refractivity contribution in [2.45, 2.75) is 24.3 Å². The van der Waals surface area contributed by atoms with Gasteiger partial charge in [-0.15, -0.1) is 0 Å². The predicted molar refractivity (Wildman–Crippen MR) is 119 cm³/mol. The van der Waals surface area contributed by atoms with Gasteiger partial charge in [-0.25, -0.2) is 0 Å². The largest absolute Gasteiger partial charge is 0.496 e. The van der Waals surface area contributed by atoms with Gasteiger partial charge in [0.25, 0.3) is 0 Å². The molecule has 0 bridgehead atoms. The standard InChI is InChI=1S/C25H28NOS/c1-26(2,18-28-22-10-5-4-6-11-22)17-21-15-20-14-13-19-9-7-8-12-23(19)24(20)16-25(21)27-3/h4-12,15-16H,13-14,17-18H2,1-3H3/q+1. The molecular formula is C25H28NOS+. The molecule has 0 fully saturated rings. The summed E-state index contributed by atoms with van der Waals surface area (Å²) >= 11 is 1.91. The first-order chi connectivity index (χ1) is 13.6. The van der Waals surface area contributed by atoms with E-state index >= 15 is 0 Å². The molecule has 0 heterocycles. The van der Waals surface area contributed by atoms with Crippen molar-refractivity contribution in [2.24, 2.45) is 0 Å². The molecule has 0 spiro atoms. The van der Waals surface area contributed by atoms with E-state index in [0.717, 1.165) is 35.5 Å². The summed E-state index contributed by atoms with van der Waals surface area (Å²) in [7, 11) is 6.38. The zero-order chi connectivity index (χ0) is 19.6. The number of thioether (sulfide) groups is 1. The van der Waals surface area contributed by atoms with Crippen LogP contribution in [0.25, 0.3) is 11.1 Å². The van der Waals surface area contributed by atoms with Crippen LogP contribution in [-0.4, -0.2) is 31.6 Å². The van der Waals surface area contributed by atoms with Crippen LogP contribution in [-0.2, 0) is 19.4 Å². The van der Waals surface area contributed by atoms with Gasteiger partial charge in [-0.3, -0.25) is 0 Å². The number of aryl methyl sites for hydroxylation is 2. The van der Waals surface area contributed by atoms with E-state index in [1.807, 2.05) is 11.8 Å². The second kappa shape index (κ2) is 8.02. The number of fused-ring (bicyclic) bond motifs is 3. The zero-order valence-electron chi connectivity index (χ0n) is 16.9. The summed E-state index contributed by atoms with van der Waals surface area (Å²) in [6.07, 6.45) is 2.23. The first-order valence-corrected chi connectivity index (χ1v) is 10.8. The summed E-state index contributed by atoms with van der Waals surface area (Å²) in [6, 6.07) is 24.0. The highest BCUT2D eigenvalue weighted by Crippen LogP contribution is 2.38. The molecule has 144 valence electrons. The van der Waals surface area contributed by atoms with Crippen LogP contribution in [0.3, 0.4) is 0 Å². The number of ether oxygens (including phenoxy) is 1. The smallest absolute Gasteiger partial charge is 0.130 e. The van der Waals surface area contributed by atoms with Gasteiger partial charge < -0.3 is 9.22 Å². The zero-order valence-corrected chi connectivity index (χ0v) is 17.8. The fourth-order valence-corrected chi connectivity index (χ4v) is 4.93. The summed E-state index contributed by atoms with van der Waals surface area (Å²) in [6.45, 7) is 0.956. The average molecular weight is 391 g/mol. The highest BCUT2D eigenvalue weighted by Gasteiger charge is 2.23. The van der Waals surface area contributed by atoms with E-state index in [2.05, 4.69) is 80.8 Å². The molecule has 1 aliphatic rings. The Morgan fingerprint density at radius 3 is 2.36 bits per heavy atom. The van der Waals surface area contributed by atoms with Gasteiger partial charge in [-0.1, -0.05) is 54.2 Å². The number of methoxy groups -OCH3 is 1. The summed E-state index contributed by atoms with van der Waals surface area (Å²) in [5.74, 6) is 2.03. The van der Waals surface area contributed by atoms with E-state index in [1.165, 1.54) is 32.7 Å². The van der Waals surface area contributed by atoms with E-state index in [-0.39, 0.29) is 0 Å². The first-order valence-electron chi connectivity index (χ1n) is 9.84. The Labute approximate surface area is 172 Å². The van der Waals surface area contributed by atoms with Crippen molar-refractivity contribution >= 4 is 11.8 Å². The van der Waals surface area contributed by atoms with E-state index in [9.17, 15) is 0 Å². The third-order valence-electron chi connectivity index (χ3n) is 5.40. The lowest BCUT2D eigenvalue weighted by molar-refractivity contribution is -0.891. The van der Waals surface area contributed by atoms with Gasteiger partial charge in [-0.05, 0) is 59.4 Å². The average Bonchev–Trinajstić information content (AvgIpc) is 2.72. The highest BCUT2D eigenvalue weighted by atomic mass is 32.2.